The number of carbonyl (C=O) groups excluding carboxylic acids is 2. The number of nitrogens with one attached hydrogen (secondary N) is 1. The summed E-state index contributed by atoms with van der Waals surface area (Å²) in [7, 11) is 0. The van der Waals surface area contributed by atoms with E-state index < -0.39 is 0 Å². The van der Waals surface area contributed by atoms with Crippen molar-refractivity contribution in [1.82, 2.24) is 0 Å². The zero-order chi connectivity index (χ0) is 15.7. The molecule has 0 spiro atoms. The number of benzene rings is 1. The lowest BCUT2D eigenvalue weighted by molar-refractivity contribution is -0.113. The number of fused-ring (bicyclic) bond motifs is 1. The van der Waals surface area contributed by atoms with Crippen LogP contribution in [0.3, 0.4) is 0 Å². The molecule has 1 amide bonds. The van der Waals surface area contributed by atoms with Gasteiger partial charge in [0.2, 0.25) is 5.91 Å². The third kappa shape index (κ3) is 2.98. The fraction of sp³-hybridized carbons (Fsp3) is 0.250. The van der Waals surface area contributed by atoms with E-state index in [2.05, 4.69) is 21.2 Å². The molecular formula is C16H13BrClNO2S. The second-order valence-corrected chi connectivity index (χ2v) is 7.37. The number of hydrogen-bond acceptors (Lipinski definition) is 3. The van der Waals surface area contributed by atoms with E-state index in [9.17, 15) is 9.59 Å². The van der Waals surface area contributed by atoms with Crippen LogP contribution in [0.5, 0.6) is 0 Å². The molecule has 3 rings (SSSR count). The fourth-order valence-electron chi connectivity index (χ4n) is 2.64. The molecule has 114 valence electrons. The lowest BCUT2D eigenvalue weighted by Gasteiger charge is -2.07. The first-order chi connectivity index (χ1) is 10.6. The lowest BCUT2D eigenvalue weighted by Crippen LogP contribution is -2.15. The molecular weight excluding hydrogens is 386 g/mol. The summed E-state index contributed by atoms with van der Waals surface area (Å²) in [5.74, 6) is -0.447. The maximum Gasteiger partial charge on any atom is 0.239 e. The van der Waals surface area contributed by atoms with Gasteiger partial charge in [-0.15, -0.1) is 22.9 Å². The van der Waals surface area contributed by atoms with Crippen LogP contribution in [0.1, 0.15) is 32.8 Å². The van der Waals surface area contributed by atoms with Crippen molar-refractivity contribution in [2.45, 2.75) is 19.3 Å². The first-order valence-corrected chi connectivity index (χ1v) is 9.05. The Kier molecular flexibility index (Phi) is 4.66. The molecule has 0 radical (unpaired) electrons. The molecule has 22 heavy (non-hydrogen) atoms. The number of ketones is 1. The lowest BCUT2D eigenvalue weighted by atomic mass is 10.0. The predicted molar refractivity (Wildman–Crippen MR) is 93.3 cm³/mol. The van der Waals surface area contributed by atoms with Crippen molar-refractivity contribution < 1.29 is 9.59 Å². The third-order valence-electron chi connectivity index (χ3n) is 3.63. The maximum absolute atomic E-state index is 12.9. The Bertz CT molecular complexity index is 739. The molecule has 0 aliphatic heterocycles. The predicted octanol–water partition coefficient (Wildman–Crippen LogP) is 4.41. The van der Waals surface area contributed by atoms with Gasteiger partial charge in [-0.1, -0.05) is 15.9 Å². The van der Waals surface area contributed by atoms with Gasteiger partial charge in [0.25, 0.3) is 0 Å². The summed E-state index contributed by atoms with van der Waals surface area (Å²) in [6, 6.07) is 7.27. The molecule has 0 fully saturated rings. The molecule has 0 bridgehead atoms. The van der Waals surface area contributed by atoms with Crippen molar-refractivity contribution >= 4 is 55.6 Å². The van der Waals surface area contributed by atoms with E-state index >= 15 is 0 Å². The van der Waals surface area contributed by atoms with Gasteiger partial charge in [-0.05, 0) is 49.1 Å². The van der Waals surface area contributed by atoms with Crippen LogP contribution in [0.15, 0.2) is 28.7 Å². The Balaban J connectivity index is 2.02. The minimum atomic E-state index is -0.286. The number of rotatable bonds is 4. The van der Waals surface area contributed by atoms with Gasteiger partial charge in [0, 0.05) is 14.9 Å². The van der Waals surface area contributed by atoms with Gasteiger partial charge in [0.05, 0.1) is 5.56 Å². The third-order valence-corrected chi connectivity index (χ3v) is 5.61. The minimum Gasteiger partial charge on any atom is -0.316 e. The number of anilines is 1. The van der Waals surface area contributed by atoms with Crippen LogP contribution >= 0.6 is 38.9 Å². The zero-order valence-corrected chi connectivity index (χ0v) is 14.8. The maximum atomic E-state index is 12.9. The normalized spacial score (nSPS) is 13.0. The molecule has 6 heteroatoms. The number of carbonyl (C=O) groups is 2. The molecule has 1 heterocycles. The van der Waals surface area contributed by atoms with Crippen LogP contribution in [0.2, 0.25) is 0 Å². The van der Waals surface area contributed by atoms with E-state index in [4.69, 9.17) is 11.6 Å². The highest BCUT2D eigenvalue weighted by atomic mass is 79.9. The van der Waals surface area contributed by atoms with Crippen LogP contribution in [0, 0.1) is 0 Å². The molecule has 1 aliphatic rings. The number of thiophene rings is 1. The van der Waals surface area contributed by atoms with Crippen molar-refractivity contribution in [3.05, 3.63) is 50.3 Å². The Hall–Kier alpha value is -1.17. The molecule has 1 aromatic carbocycles. The van der Waals surface area contributed by atoms with Crippen LogP contribution in [0.4, 0.5) is 5.00 Å². The van der Waals surface area contributed by atoms with E-state index in [0.29, 0.717) is 16.1 Å². The Morgan fingerprint density at radius 2 is 1.95 bits per heavy atom. The van der Waals surface area contributed by atoms with Gasteiger partial charge >= 0.3 is 0 Å². The summed E-state index contributed by atoms with van der Waals surface area (Å²) in [6.07, 6.45) is 2.92. The standard InChI is InChI=1S/C16H13BrClNO2S/c17-10-6-4-9(5-7-10)15(21)14-11-2-1-3-12(11)22-16(14)19-13(20)8-18/h4-7H,1-3,8H2,(H,19,20). The highest BCUT2D eigenvalue weighted by Crippen LogP contribution is 2.40. The number of halogens is 2. The molecule has 1 aliphatic carbocycles. The Labute approximate surface area is 145 Å². The number of amides is 1. The van der Waals surface area contributed by atoms with Crippen molar-refractivity contribution in [1.29, 1.82) is 0 Å². The Morgan fingerprint density at radius 3 is 2.64 bits per heavy atom. The average molecular weight is 399 g/mol. The second-order valence-electron chi connectivity index (χ2n) is 5.08. The summed E-state index contributed by atoms with van der Waals surface area (Å²) in [6.45, 7) is 0. The molecule has 3 nitrogen and oxygen atoms in total. The zero-order valence-electron chi connectivity index (χ0n) is 11.6. The van der Waals surface area contributed by atoms with Crippen molar-refractivity contribution in [3.63, 3.8) is 0 Å². The second kappa shape index (κ2) is 6.52. The Morgan fingerprint density at radius 1 is 1.23 bits per heavy atom. The topological polar surface area (TPSA) is 46.2 Å². The molecule has 0 saturated carbocycles. The molecule has 2 aromatic rings. The molecule has 1 N–H and O–H groups in total. The summed E-state index contributed by atoms with van der Waals surface area (Å²) in [5.41, 5.74) is 2.35. The largest absolute Gasteiger partial charge is 0.316 e. The molecule has 0 unspecified atom stereocenters. The van der Waals surface area contributed by atoms with Crippen LogP contribution in [-0.2, 0) is 17.6 Å². The van der Waals surface area contributed by atoms with Crippen LogP contribution in [-0.4, -0.2) is 17.6 Å². The van der Waals surface area contributed by atoms with Crippen LogP contribution in [0.25, 0.3) is 0 Å². The van der Waals surface area contributed by atoms with Crippen molar-refractivity contribution in [2.24, 2.45) is 0 Å². The highest BCUT2D eigenvalue weighted by molar-refractivity contribution is 9.10. The minimum absolute atomic E-state index is 0.0447. The van der Waals surface area contributed by atoms with Gasteiger partial charge in [-0.3, -0.25) is 9.59 Å². The van der Waals surface area contributed by atoms with E-state index in [-0.39, 0.29) is 17.6 Å². The highest BCUT2D eigenvalue weighted by Gasteiger charge is 2.27. The summed E-state index contributed by atoms with van der Waals surface area (Å²) < 4.78 is 0.926. The molecule has 0 saturated heterocycles. The van der Waals surface area contributed by atoms with Gasteiger partial charge < -0.3 is 5.32 Å². The van der Waals surface area contributed by atoms with Gasteiger partial charge in [0.1, 0.15) is 10.9 Å². The summed E-state index contributed by atoms with van der Waals surface area (Å²) >= 11 is 10.4. The van der Waals surface area contributed by atoms with Crippen molar-refractivity contribution in [2.75, 3.05) is 11.2 Å². The number of aryl methyl sites for hydroxylation is 1. The number of hydrogen-bond donors (Lipinski definition) is 1. The van der Waals surface area contributed by atoms with E-state index in [1.54, 1.807) is 12.1 Å². The quantitative estimate of drug-likeness (QED) is 0.612. The van der Waals surface area contributed by atoms with Gasteiger partial charge in [-0.2, -0.15) is 0 Å². The van der Waals surface area contributed by atoms with Crippen molar-refractivity contribution in [3.8, 4) is 0 Å². The summed E-state index contributed by atoms with van der Waals surface area (Å²) in [5, 5.41) is 3.40. The van der Waals surface area contributed by atoms with E-state index in [1.165, 1.54) is 16.2 Å². The smallest absolute Gasteiger partial charge is 0.239 e. The van der Waals surface area contributed by atoms with Gasteiger partial charge in [0.15, 0.2) is 5.78 Å². The number of alkyl halides is 1. The monoisotopic (exact) mass is 397 g/mol. The molecule has 0 atom stereocenters. The van der Waals surface area contributed by atoms with Crippen LogP contribution < -0.4 is 5.32 Å². The summed E-state index contributed by atoms with van der Waals surface area (Å²) in [4.78, 5) is 25.7. The first-order valence-electron chi connectivity index (χ1n) is 6.90. The average Bonchev–Trinajstić information content (AvgIpc) is 3.07. The van der Waals surface area contributed by atoms with E-state index in [0.717, 1.165) is 29.3 Å². The fourth-order valence-corrected chi connectivity index (χ4v) is 4.27. The molecule has 1 aromatic heterocycles. The van der Waals surface area contributed by atoms with E-state index in [1.807, 2.05) is 12.1 Å². The SMILES string of the molecule is O=C(CCl)Nc1sc2c(c1C(=O)c1ccc(Br)cc1)CCC2. The van der Waals surface area contributed by atoms with Gasteiger partial charge in [-0.25, -0.2) is 0 Å². The first kappa shape index (κ1) is 15.7.